The molecular formula is C23H24FN5O2. The minimum absolute atomic E-state index is 0.0571. The zero-order chi connectivity index (χ0) is 21.8. The lowest BCUT2D eigenvalue weighted by Crippen LogP contribution is -2.43. The van der Waals surface area contributed by atoms with Crippen LogP contribution in [0.4, 0.5) is 4.39 Å². The number of aromatic nitrogens is 3. The van der Waals surface area contributed by atoms with Gasteiger partial charge in [-0.05, 0) is 55.2 Å². The third kappa shape index (κ3) is 4.79. The molecule has 0 spiro atoms. The average molecular weight is 421 g/mol. The Kier molecular flexibility index (Phi) is 6.06. The summed E-state index contributed by atoms with van der Waals surface area (Å²) in [5.74, 6) is 0.0718. The van der Waals surface area contributed by atoms with E-state index in [0.29, 0.717) is 49.4 Å². The number of rotatable bonds is 5. The van der Waals surface area contributed by atoms with Crippen molar-refractivity contribution in [2.75, 3.05) is 13.1 Å². The summed E-state index contributed by atoms with van der Waals surface area (Å²) in [6.45, 7) is 3.02. The standard InChI is InChI=1S/C23H24FN5O2/c1-16-3-4-17(13-20(16)24)14-26-22(30)18-7-11-28(12-8-18)23(31)19-5-6-21(25-15-19)29-10-2-9-27-29/h2-6,9-10,13,15,18H,7-8,11-12,14H2,1H3,(H,26,30). The fraction of sp³-hybridized carbons (Fsp3) is 0.304. The molecule has 1 fully saturated rings. The number of nitrogens with one attached hydrogen (secondary N) is 1. The van der Waals surface area contributed by atoms with Crippen LogP contribution in [0.1, 0.15) is 34.3 Å². The van der Waals surface area contributed by atoms with Gasteiger partial charge in [0.1, 0.15) is 5.82 Å². The van der Waals surface area contributed by atoms with E-state index in [4.69, 9.17) is 0 Å². The topological polar surface area (TPSA) is 80.1 Å². The number of hydrogen-bond donors (Lipinski definition) is 1. The summed E-state index contributed by atoms with van der Waals surface area (Å²) < 4.78 is 15.3. The Hall–Kier alpha value is -3.55. The van der Waals surface area contributed by atoms with E-state index in [-0.39, 0.29) is 23.5 Å². The summed E-state index contributed by atoms with van der Waals surface area (Å²) in [7, 11) is 0. The highest BCUT2D eigenvalue weighted by molar-refractivity contribution is 5.94. The molecule has 0 aliphatic carbocycles. The molecule has 2 amide bonds. The van der Waals surface area contributed by atoms with Gasteiger partial charge in [0.25, 0.3) is 5.91 Å². The predicted molar refractivity (Wildman–Crippen MR) is 113 cm³/mol. The summed E-state index contributed by atoms with van der Waals surface area (Å²) in [6, 6.07) is 10.3. The number of pyridine rings is 1. The number of carbonyl (C=O) groups is 2. The molecule has 0 radical (unpaired) electrons. The Labute approximate surface area is 179 Å². The van der Waals surface area contributed by atoms with Gasteiger partial charge in [-0.15, -0.1) is 0 Å². The summed E-state index contributed by atoms with van der Waals surface area (Å²) >= 11 is 0. The van der Waals surface area contributed by atoms with Crippen molar-refractivity contribution in [2.24, 2.45) is 5.92 Å². The molecular weight excluding hydrogens is 397 g/mol. The first-order chi connectivity index (χ1) is 15.0. The molecule has 1 aromatic carbocycles. The van der Waals surface area contributed by atoms with E-state index in [1.807, 2.05) is 6.07 Å². The molecule has 3 heterocycles. The summed E-state index contributed by atoms with van der Waals surface area (Å²) in [5.41, 5.74) is 1.83. The Balaban J connectivity index is 1.28. The molecule has 1 saturated heterocycles. The smallest absolute Gasteiger partial charge is 0.255 e. The van der Waals surface area contributed by atoms with Crippen LogP contribution in [0.3, 0.4) is 0 Å². The molecule has 0 saturated carbocycles. The van der Waals surface area contributed by atoms with E-state index < -0.39 is 0 Å². The second-order valence-corrected chi connectivity index (χ2v) is 7.72. The van der Waals surface area contributed by atoms with Crippen LogP contribution in [0.5, 0.6) is 0 Å². The number of benzene rings is 1. The SMILES string of the molecule is Cc1ccc(CNC(=O)C2CCN(C(=O)c3ccc(-n4cccn4)nc3)CC2)cc1F. The van der Waals surface area contributed by atoms with Gasteiger partial charge in [-0.2, -0.15) is 5.10 Å². The molecule has 0 unspecified atom stereocenters. The number of aryl methyl sites for hydroxylation is 1. The van der Waals surface area contributed by atoms with Crippen molar-refractivity contribution >= 4 is 11.8 Å². The van der Waals surface area contributed by atoms with E-state index in [1.54, 1.807) is 59.4 Å². The van der Waals surface area contributed by atoms with Crippen molar-refractivity contribution in [3.8, 4) is 5.82 Å². The maximum atomic E-state index is 13.7. The number of carbonyl (C=O) groups excluding carboxylic acids is 2. The van der Waals surface area contributed by atoms with Crippen molar-refractivity contribution in [3.63, 3.8) is 0 Å². The van der Waals surface area contributed by atoms with Crippen LogP contribution in [0.15, 0.2) is 55.0 Å². The van der Waals surface area contributed by atoms with E-state index in [0.717, 1.165) is 5.56 Å². The van der Waals surface area contributed by atoms with Gasteiger partial charge in [0.05, 0.1) is 5.56 Å². The van der Waals surface area contributed by atoms with Gasteiger partial charge in [-0.3, -0.25) is 9.59 Å². The lowest BCUT2D eigenvalue weighted by molar-refractivity contribution is -0.126. The predicted octanol–water partition coefficient (Wildman–Crippen LogP) is 2.88. The highest BCUT2D eigenvalue weighted by Crippen LogP contribution is 2.20. The molecule has 0 bridgehead atoms. The Morgan fingerprint density at radius 1 is 1.19 bits per heavy atom. The average Bonchev–Trinajstić information content (AvgIpc) is 3.34. The Morgan fingerprint density at radius 2 is 2.00 bits per heavy atom. The van der Waals surface area contributed by atoms with Crippen LogP contribution in [-0.2, 0) is 11.3 Å². The van der Waals surface area contributed by atoms with Gasteiger partial charge in [0.2, 0.25) is 5.91 Å². The van der Waals surface area contributed by atoms with Crippen molar-refractivity contribution in [1.29, 1.82) is 0 Å². The molecule has 160 valence electrons. The highest BCUT2D eigenvalue weighted by atomic mass is 19.1. The molecule has 1 aliphatic heterocycles. The summed E-state index contributed by atoms with van der Waals surface area (Å²) in [5, 5.41) is 7.00. The lowest BCUT2D eigenvalue weighted by Gasteiger charge is -2.31. The second-order valence-electron chi connectivity index (χ2n) is 7.72. The van der Waals surface area contributed by atoms with Gasteiger partial charge in [0, 0.05) is 44.1 Å². The van der Waals surface area contributed by atoms with Crippen molar-refractivity contribution in [1.82, 2.24) is 25.0 Å². The van der Waals surface area contributed by atoms with Crippen molar-refractivity contribution in [3.05, 3.63) is 77.5 Å². The molecule has 1 aliphatic rings. The molecule has 8 heteroatoms. The highest BCUT2D eigenvalue weighted by Gasteiger charge is 2.27. The van der Waals surface area contributed by atoms with E-state index in [1.165, 1.54) is 6.07 Å². The number of piperidine rings is 1. The summed E-state index contributed by atoms with van der Waals surface area (Å²) in [6.07, 6.45) is 6.20. The zero-order valence-electron chi connectivity index (χ0n) is 17.3. The number of nitrogens with zero attached hydrogens (tertiary/aromatic N) is 4. The Bertz CT molecular complexity index is 1060. The van der Waals surface area contributed by atoms with Crippen molar-refractivity contribution in [2.45, 2.75) is 26.3 Å². The van der Waals surface area contributed by atoms with E-state index >= 15 is 0 Å². The van der Waals surface area contributed by atoms with Crippen LogP contribution in [-0.4, -0.2) is 44.6 Å². The van der Waals surface area contributed by atoms with Crippen LogP contribution in [0.2, 0.25) is 0 Å². The Morgan fingerprint density at radius 3 is 2.65 bits per heavy atom. The maximum absolute atomic E-state index is 13.7. The van der Waals surface area contributed by atoms with Gasteiger partial charge >= 0.3 is 0 Å². The van der Waals surface area contributed by atoms with Gasteiger partial charge in [0.15, 0.2) is 5.82 Å². The number of likely N-dealkylation sites (tertiary alicyclic amines) is 1. The first-order valence-electron chi connectivity index (χ1n) is 10.3. The molecule has 4 rings (SSSR count). The van der Waals surface area contributed by atoms with Gasteiger partial charge in [-0.1, -0.05) is 12.1 Å². The van der Waals surface area contributed by atoms with Crippen LogP contribution in [0, 0.1) is 18.7 Å². The fourth-order valence-electron chi connectivity index (χ4n) is 3.66. The molecule has 7 nitrogen and oxygen atoms in total. The lowest BCUT2D eigenvalue weighted by atomic mass is 9.95. The number of hydrogen-bond acceptors (Lipinski definition) is 4. The first-order valence-corrected chi connectivity index (χ1v) is 10.3. The largest absolute Gasteiger partial charge is 0.352 e. The number of amides is 2. The summed E-state index contributed by atoms with van der Waals surface area (Å²) in [4.78, 5) is 31.3. The third-order valence-corrected chi connectivity index (χ3v) is 5.59. The molecule has 1 N–H and O–H groups in total. The molecule has 31 heavy (non-hydrogen) atoms. The zero-order valence-corrected chi connectivity index (χ0v) is 17.3. The molecule has 0 atom stereocenters. The normalized spacial score (nSPS) is 14.5. The fourth-order valence-corrected chi connectivity index (χ4v) is 3.66. The minimum atomic E-state index is -0.272. The number of halogens is 1. The van der Waals surface area contributed by atoms with Gasteiger partial charge < -0.3 is 10.2 Å². The van der Waals surface area contributed by atoms with E-state index in [9.17, 15) is 14.0 Å². The van der Waals surface area contributed by atoms with Crippen LogP contribution in [0.25, 0.3) is 5.82 Å². The van der Waals surface area contributed by atoms with Crippen LogP contribution >= 0.6 is 0 Å². The minimum Gasteiger partial charge on any atom is -0.352 e. The van der Waals surface area contributed by atoms with Gasteiger partial charge in [-0.25, -0.2) is 14.1 Å². The molecule has 2 aromatic heterocycles. The quantitative estimate of drug-likeness (QED) is 0.687. The third-order valence-electron chi connectivity index (χ3n) is 5.59. The van der Waals surface area contributed by atoms with E-state index in [2.05, 4.69) is 15.4 Å². The first kappa shape index (κ1) is 20.7. The van der Waals surface area contributed by atoms with Crippen molar-refractivity contribution < 1.29 is 14.0 Å². The second kappa shape index (κ2) is 9.07. The maximum Gasteiger partial charge on any atom is 0.255 e. The van der Waals surface area contributed by atoms with Crippen LogP contribution < -0.4 is 5.32 Å². The monoisotopic (exact) mass is 421 g/mol. The molecule has 3 aromatic rings.